The first-order valence-corrected chi connectivity index (χ1v) is 10.9. The maximum absolute atomic E-state index is 10.2. The van der Waals surface area contributed by atoms with Crippen LogP contribution >= 0.6 is 15.9 Å². The third-order valence-electron chi connectivity index (χ3n) is 7.15. The van der Waals surface area contributed by atoms with Gasteiger partial charge in [0.2, 0.25) is 5.76 Å². The van der Waals surface area contributed by atoms with Crippen LogP contribution in [0.5, 0.6) is 0 Å². The molecule has 3 fully saturated rings. The van der Waals surface area contributed by atoms with E-state index in [0.29, 0.717) is 29.5 Å². The number of aromatic nitrogens is 1. The van der Waals surface area contributed by atoms with Crippen molar-refractivity contribution in [3.8, 4) is 6.07 Å². The molecule has 0 spiro atoms. The summed E-state index contributed by atoms with van der Waals surface area (Å²) in [5, 5.41) is 23.7. The summed E-state index contributed by atoms with van der Waals surface area (Å²) in [4.78, 5) is 7.17. The lowest BCUT2D eigenvalue weighted by molar-refractivity contribution is 0.00320. The SMILES string of the molecule is CC12CC(CC1O)N(C1CCC(Nc3ncc4oc(C#N)cc4c3Br)CC1)C2. The summed E-state index contributed by atoms with van der Waals surface area (Å²) >= 11 is 3.62. The van der Waals surface area contributed by atoms with Crippen molar-refractivity contribution in [2.24, 2.45) is 5.41 Å². The van der Waals surface area contributed by atoms with Crippen molar-refractivity contribution in [2.45, 2.75) is 69.7 Å². The molecule has 6 nitrogen and oxygen atoms in total. The van der Waals surface area contributed by atoms with Crippen molar-refractivity contribution in [1.82, 2.24) is 9.88 Å². The van der Waals surface area contributed by atoms with Crippen molar-refractivity contribution in [2.75, 3.05) is 11.9 Å². The molecular weight excluding hydrogens is 420 g/mol. The Balaban J connectivity index is 1.23. The van der Waals surface area contributed by atoms with E-state index >= 15 is 0 Å². The Bertz CT molecular complexity index is 946. The molecule has 1 saturated heterocycles. The minimum Gasteiger partial charge on any atom is -0.444 e. The number of nitrogens with zero attached hydrogens (tertiary/aromatic N) is 3. The van der Waals surface area contributed by atoms with Crippen molar-refractivity contribution >= 4 is 32.7 Å². The molecule has 2 N–H and O–H groups in total. The highest BCUT2D eigenvalue weighted by Crippen LogP contribution is 2.49. The highest BCUT2D eigenvalue weighted by atomic mass is 79.9. The molecule has 2 aliphatic carbocycles. The van der Waals surface area contributed by atoms with Crippen LogP contribution in [-0.4, -0.2) is 45.8 Å². The first-order chi connectivity index (χ1) is 13.5. The number of rotatable bonds is 3. The third-order valence-corrected chi connectivity index (χ3v) is 7.95. The van der Waals surface area contributed by atoms with Gasteiger partial charge in [0.15, 0.2) is 5.58 Å². The Morgan fingerprint density at radius 3 is 2.79 bits per heavy atom. The fourth-order valence-electron chi connectivity index (χ4n) is 5.58. The van der Waals surface area contributed by atoms with E-state index in [4.69, 9.17) is 9.68 Å². The van der Waals surface area contributed by atoms with Gasteiger partial charge in [-0.1, -0.05) is 6.92 Å². The van der Waals surface area contributed by atoms with Gasteiger partial charge >= 0.3 is 0 Å². The molecule has 148 valence electrons. The van der Waals surface area contributed by atoms with Gasteiger partial charge < -0.3 is 14.8 Å². The van der Waals surface area contributed by atoms with E-state index in [1.165, 1.54) is 12.8 Å². The lowest BCUT2D eigenvalue weighted by Gasteiger charge is -2.42. The normalized spacial score (nSPS) is 35.4. The number of likely N-dealkylation sites (tertiary alicyclic amines) is 1. The van der Waals surface area contributed by atoms with Crippen LogP contribution in [0, 0.1) is 16.7 Å². The van der Waals surface area contributed by atoms with Crippen molar-refractivity contribution < 1.29 is 9.52 Å². The van der Waals surface area contributed by atoms with Crippen molar-refractivity contribution in [3.05, 3.63) is 22.5 Å². The summed E-state index contributed by atoms with van der Waals surface area (Å²) in [6.45, 7) is 3.30. The number of aliphatic hydroxyl groups excluding tert-OH is 1. The summed E-state index contributed by atoms with van der Waals surface area (Å²) in [5.41, 5.74) is 0.731. The molecular formula is C21H25BrN4O2. The van der Waals surface area contributed by atoms with Crippen LogP contribution in [0.3, 0.4) is 0 Å². The molecule has 0 amide bonds. The van der Waals surface area contributed by atoms with E-state index in [0.717, 1.165) is 47.9 Å². The van der Waals surface area contributed by atoms with Gasteiger partial charge in [0, 0.05) is 41.5 Å². The van der Waals surface area contributed by atoms with Crippen LogP contribution in [-0.2, 0) is 0 Å². The van der Waals surface area contributed by atoms with Gasteiger partial charge in [-0.3, -0.25) is 4.90 Å². The molecule has 28 heavy (non-hydrogen) atoms. The van der Waals surface area contributed by atoms with Crippen molar-refractivity contribution in [1.29, 1.82) is 5.26 Å². The largest absolute Gasteiger partial charge is 0.444 e. The molecule has 2 bridgehead atoms. The summed E-state index contributed by atoms with van der Waals surface area (Å²) in [5.74, 6) is 1.12. The molecule has 2 aromatic rings. The Morgan fingerprint density at radius 2 is 2.14 bits per heavy atom. The van der Waals surface area contributed by atoms with E-state index in [1.807, 2.05) is 6.07 Å². The zero-order valence-corrected chi connectivity index (χ0v) is 17.6. The second-order valence-corrected chi connectivity index (χ2v) is 9.80. The fourth-order valence-corrected chi connectivity index (χ4v) is 6.10. The number of pyridine rings is 1. The predicted molar refractivity (Wildman–Crippen MR) is 110 cm³/mol. The molecule has 2 saturated carbocycles. The van der Waals surface area contributed by atoms with Gasteiger partial charge in [0.1, 0.15) is 11.9 Å². The highest BCUT2D eigenvalue weighted by molar-refractivity contribution is 9.10. The quantitative estimate of drug-likeness (QED) is 0.742. The van der Waals surface area contributed by atoms with Gasteiger partial charge in [-0.2, -0.15) is 5.26 Å². The maximum Gasteiger partial charge on any atom is 0.204 e. The van der Waals surface area contributed by atoms with Crippen LogP contribution < -0.4 is 5.32 Å². The second kappa shape index (κ2) is 6.72. The number of nitrogens with one attached hydrogen (secondary N) is 1. The summed E-state index contributed by atoms with van der Waals surface area (Å²) in [6.07, 6.45) is 8.27. The van der Waals surface area contributed by atoms with Crippen LogP contribution in [0.15, 0.2) is 21.2 Å². The lowest BCUT2D eigenvalue weighted by atomic mass is 9.85. The van der Waals surface area contributed by atoms with Gasteiger partial charge in [-0.15, -0.1) is 0 Å². The number of anilines is 1. The van der Waals surface area contributed by atoms with Gasteiger partial charge in [0.05, 0.1) is 16.8 Å². The molecule has 3 aliphatic rings. The number of aliphatic hydroxyl groups is 1. The number of halogens is 1. The fraction of sp³-hybridized carbons (Fsp3) is 0.619. The number of fused-ring (bicyclic) bond motifs is 3. The lowest BCUT2D eigenvalue weighted by Crippen LogP contribution is -2.48. The molecule has 0 radical (unpaired) electrons. The van der Waals surface area contributed by atoms with E-state index in [9.17, 15) is 5.11 Å². The Kier molecular flexibility index (Phi) is 4.42. The maximum atomic E-state index is 10.2. The Morgan fingerprint density at radius 1 is 1.36 bits per heavy atom. The summed E-state index contributed by atoms with van der Waals surface area (Å²) in [7, 11) is 0. The number of piperidine rings is 1. The van der Waals surface area contributed by atoms with Gasteiger partial charge in [0.25, 0.3) is 0 Å². The minimum absolute atomic E-state index is 0.108. The number of hydrogen-bond acceptors (Lipinski definition) is 6. The van der Waals surface area contributed by atoms with Gasteiger partial charge in [-0.25, -0.2) is 4.98 Å². The smallest absolute Gasteiger partial charge is 0.204 e. The standard InChI is InChI=1S/C21H25BrN4O2/c1-21-8-14(6-18(21)27)26(11-21)13-4-2-12(3-5-13)25-20-19(22)16-7-15(9-23)28-17(16)10-24-20/h7,10,12-14,18,27H,2-6,8,11H2,1H3,(H,24,25). The van der Waals surface area contributed by atoms with Crippen LogP contribution in [0.1, 0.15) is 51.2 Å². The van der Waals surface area contributed by atoms with Crippen LogP contribution in [0.4, 0.5) is 5.82 Å². The molecule has 2 aromatic heterocycles. The van der Waals surface area contributed by atoms with Crippen molar-refractivity contribution in [3.63, 3.8) is 0 Å². The predicted octanol–water partition coefficient (Wildman–Crippen LogP) is 4.03. The van der Waals surface area contributed by atoms with E-state index in [-0.39, 0.29) is 11.5 Å². The monoisotopic (exact) mass is 444 g/mol. The van der Waals surface area contributed by atoms with E-state index in [1.54, 1.807) is 12.3 Å². The van der Waals surface area contributed by atoms with Crippen LogP contribution in [0.2, 0.25) is 0 Å². The second-order valence-electron chi connectivity index (χ2n) is 9.01. The zero-order valence-electron chi connectivity index (χ0n) is 16.0. The first kappa shape index (κ1) is 18.4. The topological polar surface area (TPSA) is 85.3 Å². The summed E-state index contributed by atoms with van der Waals surface area (Å²) < 4.78 is 6.31. The number of furan rings is 1. The molecule has 3 atom stereocenters. The highest BCUT2D eigenvalue weighted by Gasteiger charge is 2.53. The van der Waals surface area contributed by atoms with E-state index in [2.05, 4.69) is 38.1 Å². The number of hydrogen-bond donors (Lipinski definition) is 2. The first-order valence-electron chi connectivity index (χ1n) is 10.2. The third kappa shape index (κ3) is 2.94. The van der Waals surface area contributed by atoms with Crippen LogP contribution in [0.25, 0.3) is 11.0 Å². The zero-order chi connectivity index (χ0) is 19.5. The average molecular weight is 445 g/mol. The number of nitriles is 1. The minimum atomic E-state index is -0.116. The average Bonchev–Trinajstić information content (AvgIpc) is 3.34. The van der Waals surface area contributed by atoms with E-state index < -0.39 is 0 Å². The molecule has 3 heterocycles. The molecule has 5 rings (SSSR count). The summed E-state index contributed by atoms with van der Waals surface area (Å²) in [6, 6.07) is 5.41. The van der Waals surface area contributed by atoms with Gasteiger partial charge in [-0.05, 0) is 54.5 Å². The molecule has 3 unspecified atom stereocenters. The molecule has 1 aliphatic heterocycles. The molecule has 7 heteroatoms. The Hall–Kier alpha value is -1.62. The Labute approximate surface area is 173 Å². The molecule has 0 aromatic carbocycles.